The van der Waals surface area contributed by atoms with E-state index in [1.807, 2.05) is 13.8 Å². The van der Waals surface area contributed by atoms with Gasteiger partial charge in [0.15, 0.2) is 5.78 Å². The molecule has 1 aromatic rings. The van der Waals surface area contributed by atoms with E-state index in [9.17, 15) is 9.90 Å². The smallest absolute Gasteiger partial charge is 0.191 e. The molecule has 0 saturated heterocycles. The average molecular weight is 236 g/mol. The van der Waals surface area contributed by atoms with Crippen molar-refractivity contribution >= 4 is 5.78 Å². The number of rotatable bonds is 6. The molecule has 0 aliphatic heterocycles. The number of Topliss-reactive ketones (excluding diaryl/α,β-unsaturated/α-hetero) is 1. The molecule has 0 aliphatic carbocycles. The summed E-state index contributed by atoms with van der Waals surface area (Å²) < 4.78 is 5.03. The lowest BCUT2D eigenvalue weighted by Crippen LogP contribution is -2.28. The van der Waals surface area contributed by atoms with Gasteiger partial charge in [-0.3, -0.25) is 4.79 Å². The van der Waals surface area contributed by atoms with Crippen LogP contribution in [0.2, 0.25) is 0 Å². The van der Waals surface area contributed by atoms with E-state index in [4.69, 9.17) is 4.74 Å². The van der Waals surface area contributed by atoms with Gasteiger partial charge in [-0.05, 0) is 30.2 Å². The number of carbonyl (C=O) groups excluding carboxylic acids is 1. The molecule has 1 rings (SSSR count). The first-order valence-corrected chi connectivity index (χ1v) is 6.00. The van der Waals surface area contributed by atoms with Gasteiger partial charge in [-0.15, -0.1) is 0 Å². The van der Waals surface area contributed by atoms with Crippen LogP contribution >= 0.6 is 0 Å². The highest BCUT2D eigenvalue weighted by Crippen LogP contribution is 2.19. The van der Waals surface area contributed by atoms with Gasteiger partial charge in [-0.1, -0.05) is 26.7 Å². The van der Waals surface area contributed by atoms with Gasteiger partial charge in [0.05, 0.1) is 7.11 Å². The van der Waals surface area contributed by atoms with Crippen LogP contribution in [0.4, 0.5) is 0 Å². The van der Waals surface area contributed by atoms with Gasteiger partial charge in [0, 0.05) is 5.56 Å². The Morgan fingerprint density at radius 3 is 2.18 bits per heavy atom. The van der Waals surface area contributed by atoms with E-state index < -0.39 is 6.10 Å². The molecule has 0 heterocycles. The molecule has 17 heavy (non-hydrogen) atoms. The summed E-state index contributed by atoms with van der Waals surface area (Å²) in [6.07, 6.45) is 0.706. The fourth-order valence-corrected chi connectivity index (χ4v) is 1.88. The second-order valence-electron chi connectivity index (χ2n) is 4.11. The number of benzene rings is 1. The summed E-state index contributed by atoms with van der Waals surface area (Å²) >= 11 is 0. The Labute approximate surface area is 102 Å². The van der Waals surface area contributed by atoms with Crippen LogP contribution in [0.3, 0.4) is 0 Å². The first-order chi connectivity index (χ1) is 8.13. The van der Waals surface area contributed by atoms with Crippen molar-refractivity contribution < 1.29 is 14.6 Å². The lowest BCUT2D eigenvalue weighted by atomic mass is 9.91. The summed E-state index contributed by atoms with van der Waals surface area (Å²) in [5.41, 5.74) is 0.533. The van der Waals surface area contributed by atoms with Crippen molar-refractivity contribution in [3.8, 4) is 5.75 Å². The molecular formula is C14H20O3. The molecular weight excluding hydrogens is 216 g/mol. The van der Waals surface area contributed by atoms with Crippen LogP contribution in [-0.2, 0) is 0 Å². The molecule has 0 fully saturated rings. The highest BCUT2D eigenvalue weighted by atomic mass is 16.5. The molecule has 0 radical (unpaired) electrons. The molecule has 1 unspecified atom stereocenters. The molecule has 0 aromatic heterocycles. The normalized spacial score (nSPS) is 12.5. The lowest BCUT2D eigenvalue weighted by molar-refractivity contribution is 0.0588. The van der Waals surface area contributed by atoms with Gasteiger partial charge < -0.3 is 9.84 Å². The second-order valence-corrected chi connectivity index (χ2v) is 4.11. The van der Waals surface area contributed by atoms with E-state index >= 15 is 0 Å². The third-order valence-electron chi connectivity index (χ3n) is 3.14. The predicted molar refractivity (Wildman–Crippen MR) is 67.4 cm³/mol. The lowest BCUT2D eigenvalue weighted by Gasteiger charge is -2.18. The Kier molecular flexibility index (Phi) is 5.16. The zero-order valence-electron chi connectivity index (χ0n) is 10.6. The second kappa shape index (κ2) is 6.40. The Balaban J connectivity index is 2.80. The number of methoxy groups -OCH3 is 1. The Bertz CT molecular complexity index is 352. The first kappa shape index (κ1) is 13.7. The molecule has 0 aliphatic rings. The molecule has 0 amide bonds. The maximum atomic E-state index is 12.0. The molecule has 0 saturated carbocycles. The SMILES string of the molecule is CCC(CC)C(O)C(=O)c1ccc(OC)cc1. The summed E-state index contributed by atoms with van der Waals surface area (Å²) in [6, 6.07) is 6.83. The van der Waals surface area contributed by atoms with Gasteiger partial charge in [-0.25, -0.2) is 0 Å². The molecule has 1 aromatic carbocycles. The minimum absolute atomic E-state index is 0.0320. The van der Waals surface area contributed by atoms with Crippen molar-refractivity contribution in [2.75, 3.05) is 7.11 Å². The monoisotopic (exact) mass is 236 g/mol. The van der Waals surface area contributed by atoms with Crippen molar-refractivity contribution in [2.24, 2.45) is 5.92 Å². The molecule has 1 atom stereocenters. The summed E-state index contributed by atoms with van der Waals surface area (Å²) in [5, 5.41) is 9.98. The summed E-state index contributed by atoms with van der Waals surface area (Å²) in [4.78, 5) is 12.0. The van der Waals surface area contributed by atoms with E-state index in [0.29, 0.717) is 11.3 Å². The largest absolute Gasteiger partial charge is 0.497 e. The fraction of sp³-hybridized carbons (Fsp3) is 0.500. The Morgan fingerprint density at radius 2 is 1.76 bits per heavy atom. The number of hydrogen-bond acceptors (Lipinski definition) is 3. The number of ether oxygens (including phenoxy) is 1. The van der Waals surface area contributed by atoms with Crippen LogP contribution in [0.1, 0.15) is 37.0 Å². The molecule has 3 nitrogen and oxygen atoms in total. The summed E-state index contributed by atoms with van der Waals surface area (Å²) in [6.45, 7) is 3.97. The van der Waals surface area contributed by atoms with Gasteiger partial charge in [0.2, 0.25) is 0 Å². The Morgan fingerprint density at radius 1 is 1.24 bits per heavy atom. The molecule has 3 heteroatoms. The molecule has 1 N–H and O–H groups in total. The maximum Gasteiger partial charge on any atom is 0.191 e. The van der Waals surface area contributed by atoms with E-state index in [2.05, 4.69) is 0 Å². The van der Waals surface area contributed by atoms with Crippen molar-refractivity contribution in [3.05, 3.63) is 29.8 Å². The standard InChI is InChI=1S/C14H20O3/c1-4-10(5-2)13(15)14(16)11-6-8-12(17-3)9-7-11/h6-10,13,15H,4-5H2,1-3H3. The molecule has 94 valence electrons. The van der Waals surface area contributed by atoms with Gasteiger partial charge in [-0.2, -0.15) is 0 Å². The summed E-state index contributed by atoms with van der Waals surface area (Å²) in [7, 11) is 1.58. The minimum Gasteiger partial charge on any atom is -0.497 e. The van der Waals surface area contributed by atoms with Crippen LogP contribution in [0, 0.1) is 5.92 Å². The number of aliphatic hydroxyl groups excluding tert-OH is 1. The van der Waals surface area contributed by atoms with E-state index in [-0.39, 0.29) is 11.7 Å². The minimum atomic E-state index is -0.904. The predicted octanol–water partition coefficient (Wildman–Crippen LogP) is 2.68. The van der Waals surface area contributed by atoms with Crippen molar-refractivity contribution in [3.63, 3.8) is 0 Å². The highest BCUT2D eigenvalue weighted by molar-refractivity contribution is 5.99. The van der Waals surface area contributed by atoms with Crippen LogP contribution in [0.15, 0.2) is 24.3 Å². The molecule has 0 spiro atoms. The third-order valence-corrected chi connectivity index (χ3v) is 3.14. The zero-order valence-corrected chi connectivity index (χ0v) is 10.6. The van der Waals surface area contributed by atoms with Gasteiger partial charge in [0.25, 0.3) is 0 Å². The number of aliphatic hydroxyl groups is 1. The molecule has 0 bridgehead atoms. The highest BCUT2D eigenvalue weighted by Gasteiger charge is 2.24. The number of hydrogen-bond donors (Lipinski definition) is 1. The van der Waals surface area contributed by atoms with Crippen molar-refractivity contribution in [2.45, 2.75) is 32.8 Å². The average Bonchev–Trinajstić information content (AvgIpc) is 2.39. The topological polar surface area (TPSA) is 46.5 Å². The van der Waals surface area contributed by atoms with E-state index in [1.54, 1.807) is 31.4 Å². The summed E-state index contributed by atoms with van der Waals surface area (Å²) in [5.74, 6) is 0.532. The first-order valence-electron chi connectivity index (χ1n) is 6.00. The van der Waals surface area contributed by atoms with Crippen LogP contribution < -0.4 is 4.74 Å². The zero-order chi connectivity index (χ0) is 12.8. The van der Waals surface area contributed by atoms with Crippen LogP contribution in [-0.4, -0.2) is 24.1 Å². The Hall–Kier alpha value is -1.35. The van der Waals surface area contributed by atoms with Crippen molar-refractivity contribution in [1.82, 2.24) is 0 Å². The van der Waals surface area contributed by atoms with Crippen LogP contribution in [0.25, 0.3) is 0 Å². The van der Waals surface area contributed by atoms with Crippen LogP contribution in [0.5, 0.6) is 5.75 Å². The maximum absolute atomic E-state index is 12.0. The third kappa shape index (κ3) is 3.30. The number of ketones is 1. The van der Waals surface area contributed by atoms with E-state index in [0.717, 1.165) is 12.8 Å². The fourth-order valence-electron chi connectivity index (χ4n) is 1.88. The number of carbonyl (C=O) groups is 1. The van der Waals surface area contributed by atoms with Gasteiger partial charge >= 0.3 is 0 Å². The van der Waals surface area contributed by atoms with Crippen molar-refractivity contribution in [1.29, 1.82) is 0 Å². The van der Waals surface area contributed by atoms with Gasteiger partial charge in [0.1, 0.15) is 11.9 Å². The van der Waals surface area contributed by atoms with E-state index in [1.165, 1.54) is 0 Å². The quantitative estimate of drug-likeness (QED) is 0.772.